The predicted molar refractivity (Wildman–Crippen MR) is 104 cm³/mol. The van der Waals surface area contributed by atoms with Gasteiger partial charge in [-0.1, -0.05) is 18.2 Å². The number of aromatic nitrogens is 1. The molecule has 2 heterocycles. The number of ketones is 1. The molecule has 2 atom stereocenters. The highest BCUT2D eigenvalue weighted by Crippen LogP contribution is 2.24. The highest BCUT2D eigenvalue weighted by Gasteiger charge is 2.38. The van der Waals surface area contributed by atoms with Crippen molar-refractivity contribution in [1.82, 2.24) is 9.88 Å². The second-order valence-corrected chi connectivity index (χ2v) is 8.02. The van der Waals surface area contributed by atoms with E-state index in [1.807, 2.05) is 24.3 Å². The molecule has 3 rings (SSSR count). The Hall–Kier alpha value is -2.83. The minimum Gasteiger partial charge on any atom is -0.453 e. The number of fused-ring (bicyclic) bond motifs is 1. The van der Waals surface area contributed by atoms with Crippen LogP contribution < -0.4 is 0 Å². The van der Waals surface area contributed by atoms with Crippen molar-refractivity contribution in [2.24, 2.45) is 0 Å². The molecule has 0 aliphatic carbocycles. The Kier molecular flexibility index (Phi) is 5.45. The number of ether oxygens (including phenoxy) is 2. The molecule has 1 aliphatic heterocycles. The van der Waals surface area contributed by atoms with Crippen LogP contribution in [0.4, 0.5) is 4.79 Å². The molecular weight excluding hydrogens is 360 g/mol. The summed E-state index contributed by atoms with van der Waals surface area (Å²) in [6.07, 6.45) is 1.31. The lowest BCUT2D eigenvalue weighted by atomic mass is 10.1. The van der Waals surface area contributed by atoms with Crippen molar-refractivity contribution in [2.75, 3.05) is 6.54 Å². The lowest BCUT2D eigenvalue weighted by Crippen LogP contribution is -2.45. The Bertz CT molecular complexity index is 896. The molecule has 7 nitrogen and oxygen atoms in total. The van der Waals surface area contributed by atoms with Gasteiger partial charge in [0.25, 0.3) is 0 Å². The summed E-state index contributed by atoms with van der Waals surface area (Å²) in [5.74, 6) is -0.864. The van der Waals surface area contributed by atoms with Crippen molar-refractivity contribution in [3.63, 3.8) is 0 Å². The minimum absolute atomic E-state index is 0.285. The number of para-hydroxylation sites is 1. The number of esters is 1. The molecule has 1 aliphatic rings. The number of likely N-dealkylation sites (tertiary alicyclic amines) is 1. The number of nitrogens with zero attached hydrogens (tertiary/aromatic N) is 1. The first kappa shape index (κ1) is 19.9. The topological polar surface area (TPSA) is 88.7 Å². The number of H-pyrrole nitrogens is 1. The van der Waals surface area contributed by atoms with Crippen LogP contribution in [0.5, 0.6) is 0 Å². The van der Waals surface area contributed by atoms with E-state index in [2.05, 4.69) is 4.98 Å². The first-order valence-electron chi connectivity index (χ1n) is 9.48. The van der Waals surface area contributed by atoms with Crippen LogP contribution in [0.1, 0.15) is 50.9 Å². The number of nitrogens with one attached hydrogen (secondary N) is 1. The third-order valence-electron chi connectivity index (χ3n) is 4.67. The van der Waals surface area contributed by atoms with Gasteiger partial charge in [0, 0.05) is 29.2 Å². The summed E-state index contributed by atoms with van der Waals surface area (Å²) in [5.41, 5.74) is 0.676. The zero-order valence-corrected chi connectivity index (χ0v) is 16.7. The average Bonchev–Trinajstić information content (AvgIpc) is 3.26. The first-order valence-corrected chi connectivity index (χ1v) is 9.48. The van der Waals surface area contributed by atoms with Crippen molar-refractivity contribution in [1.29, 1.82) is 0 Å². The van der Waals surface area contributed by atoms with Gasteiger partial charge >= 0.3 is 12.1 Å². The summed E-state index contributed by atoms with van der Waals surface area (Å²) >= 11 is 0. The fraction of sp³-hybridized carbons (Fsp3) is 0.476. The lowest BCUT2D eigenvalue weighted by molar-refractivity contribution is -0.151. The molecule has 1 saturated heterocycles. The molecule has 0 bridgehead atoms. The van der Waals surface area contributed by atoms with Crippen LogP contribution in [-0.2, 0) is 14.3 Å². The van der Waals surface area contributed by atoms with Gasteiger partial charge in [-0.2, -0.15) is 0 Å². The Morgan fingerprint density at radius 2 is 1.93 bits per heavy atom. The lowest BCUT2D eigenvalue weighted by Gasteiger charge is -2.28. The van der Waals surface area contributed by atoms with Gasteiger partial charge in [-0.15, -0.1) is 0 Å². The second-order valence-electron chi connectivity index (χ2n) is 8.02. The van der Waals surface area contributed by atoms with Gasteiger partial charge in [0.15, 0.2) is 6.10 Å². The summed E-state index contributed by atoms with van der Waals surface area (Å²) in [4.78, 5) is 42.2. The van der Waals surface area contributed by atoms with Crippen molar-refractivity contribution < 1.29 is 23.9 Å². The summed E-state index contributed by atoms with van der Waals surface area (Å²) in [5, 5.41) is 0.784. The van der Waals surface area contributed by atoms with E-state index < -0.39 is 29.8 Å². The van der Waals surface area contributed by atoms with Gasteiger partial charge in [-0.25, -0.2) is 9.59 Å². The third kappa shape index (κ3) is 4.18. The molecule has 1 N–H and O–H groups in total. The van der Waals surface area contributed by atoms with E-state index in [1.165, 1.54) is 4.90 Å². The number of carbonyl (C=O) groups is 3. The smallest absolute Gasteiger partial charge is 0.411 e. The fourth-order valence-corrected chi connectivity index (χ4v) is 3.35. The van der Waals surface area contributed by atoms with Crippen molar-refractivity contribution in [3.05, 3.63) is 36.0 Å². The summed E-state index contributed by atoms with van der Waals surface area (Å²) in [7, 11) is 0. The van der Waals surface area contributed by atoms with E-state index >= 15 is 0 Å². The highest BCUT2D eigenvalue weighted by atomic mass is 16.6. The Balaban J connectivity index is 1.68. The predicted octanol–water partition coefficient (Wildman–Crippen LogP) is 3.68. The Morgan fingerprint density at radius 3 is 2.64 bits per heavy atom. The molecular formula is C21H26N2O5. The van der Waals surface area contributed by atoms with Crippen molar-refractivity contribution >= 4 is 28.7 Å². The number of carbonyl (C=O) groups excluding carboxylic acids is 3. The fourth-order valence-electron chi connectivity index (χ4n) is 3.35. The summed E-state index contributed by atoms with van der Waals surface area (Å²) in [6, 6.07) is 6.71. The maximum absolute atomic E-state index is 12.8. The summed E-state index contributed by atoms with van der Waals surface area (Å²) in [6.45, 7) is 7.30. The van der Waals surface area contributed by atoms with Crippen molar-refractivity contribution in [3.8, 4) is 0 Å². The van der Waals surface area contributed by atoms with Crippen LogP contribution in [-0.4, -0.2) is 52.0 Å². The molecule has 1 unspecified atom stereocenters. The Morgan fingerprint density at radius 1 is 1.21 bits per heavy atom. The first-order chi connectivity index (χ1) is 13.2. The van der Waals surface area contributed by atoms with E-state index in [0.717, 1.165) is 10.9 Å². The largest absolute Gasteiger partial charge is 0.453 e. The van der Waals surface area contributed by atoms with Gasteiger partial charge < -0.3 is 14.5 Å². The third-order valence-corrected chi connectivity index (χ3v) is 4.67. The molecule has 28 heavy (non-hydrogen) atoms. The van der Waals surface area contributed by atoms with Gasteiger partial charge in [0.1, 0.15) is 11.6 Å². The summed E-state index contributed by atoms with van der Waals surface area (Å²) < 4.78 is 10.8. The van der Waals surface area contributed by atoms with Crippen LogP contribution in [0, 0.1) is 0 Å². The number of benzene rings is 1. The molecule has 1 aromatic carbocycles. The minimum atomic E-state index is -0.951. The molecule has 1 aromatic heterocycles. The quantitative estimate of drug-likeness (QED) is 0.640. The number of aromatic amines is 1. The molecule has 150 valence electrons. The molecule has 1 amide bonds. The average molecular weight is 386 g/mol. The van der Waals surface area contributed by atoms with Crippen LogP contribution >= 0.6 is 0 Å². The van der Waals surface area contributed by atoms with E-state index in [4.69, 9.17) is 9.47 Å². The number of Topliss-reactive ketones (excluding diaryl/α,β-unsaturated/α-hetero) is 1. The van der Waals surface area contributed by atoms with Crippen LogP contribution in [0.3, 0.4) is 0 Å². The number of rotatable bonds is 4. The number of hydrogen-bond donors (Lipinski definition) is 1. The maximum atomic E-state index is 12.8. The number of hydrogen-bond acceptors (Lipinski definition) is 5. The van der Waals surface area contributed by atoms with E-state index in [1.54, 1.807) is 33.9 Å². The molecule has 7 heteroatoms. The molecule has 2 aromatic rings. The van der Waals surface area contributed by atoms with Gasteiger partial charge in [-0.3, -0.25) is 9.69 Å². The molecule has 0 saturated carbocycles. The van der Waals surface area contributed by atoms with Crippen LogP contribution in [0.25, 0.3) is 10.9 Å². The standard InChI is InChI=1S/C21H26N2O5/c1-13(18(24)15-12-22-16-9-6-5-8-14(15)16)27-19(25)17-10-7-11-23(17)20(26)28-21(2,3)4/h5-6,8-9,12-13,17,22H,7,10-11H2,1-4H3/t13?,17-/m0/s1. The van der Waals surface area contributed by atoms with Gasteiger partial charge in [-0.05, 0) is 46.6 Å². The zero-order chi connectivity index (χ0) is 20.5. The van der Waals surface area contributed by atoms with Crippen LogP contribution in [0.15, 0.2) is 30.5 Å². The zero-order valence-electron chi connectivity index (χ0n) is 16.7. The SMILES string of the molecule is CC(OC(=O)[C@@H]1CCCN1C(=O)OC(C)(C)C)C(=O)c1c[nH]c2ccccc12. The van der Waals surface area contributed by atoms with E-state index in [-0.39, 0.29) is 5.78 Å². The number of amides is 1. The van der Waals surface area contributed by atoms with E-state index in [0.29, 0.717) is 24.9 Å². The van der Waals surface area contributed by atoms with Gasteiger partial charge in [0.05, 0.1) is 0 Å². The molecule has 1 fully saturated rings. The van der Waals surface area contributed by atoms with Crippen LogP contribution in [0.2, 0.25) is 0 Å². The maximum Gasteiger partial charge on any atom is 0.411 e. The highest BCUT2D eigenvalue weighted by molar-refractivity contribution is 6.10. The van der Waals surface area contributed by atoms with Gasteiger partial charge in [0.2, 0.25) is 5.78 Å². The normalized spacial score (nSPS) is 18.1. The Labute approximate surface area is 164 Å². The molecule has 0 radical (unpaired) electrons. The second kappa shape index (κ2) is 7.66. The monoisotopic (exact) mass is 386 g/mol. The van der Waals surface area contributed by atoms with Crippen molar-refractivity contribution in [2.45, 2.75) is 58.3 Å². The molecule has 0 spiro atoms. The van der Waals surface area contributed by atoms with E-state index in [9.17, 15) is 14.4 Å².